The summed E-state index contributed by atoms with van der Waals surface area (Å²) >= 11 is 6.44. The molecule has 30 heavy (non-hydrogen) atoms. The van der Waals surface area contributed by atoms with Crippen LogP contribution in [0.5, 0.6) is 0 Å². The average Bonchev–Trinajstić information content (AvgIpc) is 2.78. The van der Waals surface area contributed by atoms with Gasteiger partial charge in [-0.2, -0.15) is 0 Å². The molecule has 0 unspecified atom stereocenters. The zero-order chi connectivity index (χ0) is 20.9. The Morgan fingerprint density at radius 2 is 1.77 bits per heavy atom. The second kappa shape index (κ2) is 9.65. The van der Waals surface area contributed by atoms with Crippen molar-refractivity contribution < 1.29 is 9.59 Å². The van der Waals surface area contributed by atoms with E-state index >= 15 is 0 Å². The van der Waals surface area contributed by atoms with Crippen LogP contribution in [-0.4, -0.2) is 29.8 Å². The number of likely N-dealkylation sites (tertiary alicyclic amines) is 1. The van der Waals surface area contributed by atoms with Crippen molar-refractivity contribution in [1.82, 2.24) is 4.90 Å². The standard InChI is InChI=1S/C25H29ClN2O2/c26-23-16-21(27-24(29)13-10-18-6-2-1-3-7-18)11-12-22(23)25(30)28-15-14-19-8-4-5-9-20(19)17-28/h1-3,6-7,11-12,16,19-20H,4-5,8-10,13-15,17H2,(H,27,29)/t19-,20+/m1/s1. The van der Waals surface area contributed by atoms with Crippen molar-refractivity contribution >= 4 is 29.1 Å². The fraction of sp³-hybridized carbons (Fsp3) is 0.440. The Balaban J connectivity index is 1.34. The highest BCUT2D eigenvalue weighted by molar-refractivity contribution is 6.34. The molecule has 2 amide bonds. The third kappa shape index (κ3) is 5.04. The number of hydrogen-bond acceptors (Lipinski definition) is 2. The summed E-state index contributed by atoms with van der Waals surface area (Å²) in [7, 11) is 0. The molecule has 0 radical (unpaired) electrons. The molecule has 1 aliphatic heterocycles. The van der Waals surface area contributed by atoms with Gasteiger partial charge in [0.25, 0.3) is 5.91 Å². The van der Waals surface area contributed by atoms with Gasteiger partial charge in [-0.25, -0.2) is 0 Å². The van der Waals surface area contributed by atoms with Crippen molar-refractivity contribution in [2.45, 2.75) is 44.9 Å². The molecule has 4 nitrogen and oxygen atoms in total. The summed E-state index contributed by atoms with van der Waals surface area (Å²) in [6, 6.07) is 15.1. The first-order valence-corrected chi connectivity index (χ1v) is 11.4. The SMILES string of the molecule is O=C(CCc1ccccc1)Nc1ccc(C(=O)N2CC[C@H]3CCCC[C@H]3C2)c(Cl)c1. The number of benzene rings is 2. The number of nitrogens with zero attached hydrogens (tertiary/aromatic N) is 1. The first-order valence-electron chi connectivity index (χ1n) is 11.0. The van der Waals surface area contributed by atoms with Gasteiger partial charge in [-0.3, -0.25) is 9.59 Å². The highest BCUT2D eigenvalue weighted by Gasteiger charge is 2.33. The van der Waals surface area contributed by atoms with Crippen molar-refractivity contribution in [3.63, 3.8) is 0 Å². The van der Waals surface area contributed by atoms with Crippen LogP contribution in [0.1, 0.15) is 54.4 Å². The normalized spacial score (nSPS) is 21.0. The lowest BCUT2D eigenvalue weighted by molar-refractivity contribution is -0.116. The number of aryl methyl sites for hydroxylation is 1. The predicted molar refractivity (Wildman–Crippen MR) is 121 cm³/mol. The van der Waals surface area contributed by atoms with Crippen LogP contribution in [0.25, 0.3) is 0 Å². The smallest absolute Gasteiger partial charge is 0.255 e. The highest BCUT2D eigenvalue weighted by Crippen LogP contribution is 2.36. The maximum absolute atomic E-state index is 13.0. The van der Waals surface area contributed by atoms with Gasteiger partial charge < -0.3 is 10.2 Å². The molecule has 2 atom stereocenters. The van der Waals surface area contributed by atoms with E-state index < -0.39 is 0 Å². The third-order valence-corrected chi connectivity index (χ3v) is 6.86. The molecule has 0 bridgehead atoms. The number of piperidine rings is 1. The largest absolute Gasteiger partial charge is 0.338 e. The van der Waals surface area contributed by atoms with Gasteiger partial charge in [0.05, 0.1) is 10.6 Å². The minimum atomic E-state index is -0.0617. The lowest BCUT2D eigenvalue weighted by atomic mass is 9.75. The van der Waals surface area contributed by atoms with Crippen LogP contribution in [0.15, 0.2) is 48.5 Å². The molecule has 5 heteroatoms. The number of rotatable bonds is 5. The van der Waals surface area contributed by atoms with Gasteiger partial charge in [-0.15, -0.1) is 0 Å². The molecule has 2 fully saturated rings. The van der Waals surface area contributed by atoms with Gasteiger partial charge in [-0.1, -0.05) is 61.2 Å². The van der Waals surface area contributed by atoms with Crippen molar-refractivity contribution in [3.05, 3.63) is 64.7 Å². The summed E-state index contributed by atoms with van der Waals surface area (Å²) in [5.74, 6) is 1.37. The van der Waals surface area contributed by atoms with E-state index in [1.54, 1.807) is 18.2 Å². The quantitative estimate of drug-likeness (QED) is 0.682. The van der Waals surface area contributed by atoms with Gasteiger partial charge >= 0.3 is 0 Å². The molecule has 4 rings (SSSR count). The van der Waals surface area contributed by atoms with E-state index in [4.69, 9.17) is 11.6 Å². The van der Waals surface area contributed by atoms with E-state index in [1.165, 1.54) is 25.7 Å². The number of carbonyl (C=O) groups is 2. The van der Waals surface area contributed by atoms with Crippen molar-refractivity contribution in [2.24, 2.45) is 11.8 Å². The highest BCUT2D eigenvalue weighted by atomic mass is 35.5. The predicted octanol–water partition coefficient (Wildman–Crippen LogP) is 5.56. The van der Waals surface area contributed by atoms with Gasteiger partial charge in [0, 0.05) is 25.2 Å². The number of hydrogen-bond donors (Lipinski definition) is 1. The van der Waals surface area contributed by atoms with E-state index in [-0.39, 0.29) is 11.8 Å². The van der Waals surface area contributed by atoms with Crippen LogP contribution in [0.3, 0.4) is 0 Å². The van der Waals surface area contributed by atoms with Crippen LogP contribution in [0, 0.1) is 11.8 Å². The van der Waals surface area contributed by atoms with Crippen LogP contribution >= 0.6 is 11.6 Å². The summed E-state index contributed by atoms with van der Waals surface area (Å²) < 4.78 is 0. The Morgan fingerprint density at radius 1 is 1.00 bits per heavy atom. The van der Waals surface area contributed by atoms with E-state index in [9.17, 15) is 9.59 Å². The fourth-order valence-corrected chi connectivity index (χ4v) is 5.11. The number of anilines is 1. The third-order valence-electron chi connectivity index (χ3n) is 6.55. The molecule has 1 N–H and O–H groups in total. The van der Waals surface area contributed by atoms with Gasteiger partial charge in [0.2, 0.25) is 5.91 Å². The summed E-state index contributed by atoms with van der Waals surface area (Å²) in [5, 5.41) is 3.28. The number of nitrogens with one attached hydrogen (secondary N) is 1. The molecule has 0 aromatic heterocycles. The molecule has 1 saturated heterocycles. The number of halogens is 1. The number of fused-ring (bicyclic) bond motifs is 1. The zero-order valence-electron chi connectivity index (χ0n) is 17.3. The van der Waals surface area contributed by atoms with Crippen molar-refractivity contribution in [2.75, 3.05) is 18.4 Å². The minimum Gasteiger partial charge on any atom is -0.338 e. The lowest BCUT2D eigenvalue weighted by Gasteiger charge is -2.41. The van der Waals surface area contributed by atoms with Crippen LogP contribution < -0.4 is 5.32 Å². The Hall–Kier alpha value is -2.33. The Morgan fingerprint density at radius 3 is 2.53 bits per heavy atom. The first kappa shape index (κ1) is 20.9. The maximum Gasteiger partial charge on any atom is 0.255 e. The fourth-order valence-electron chi connectivity index (χ4n) is 4.85. The van der Waals surface area contributed by atoms with Gasteiger partial charge in [0.15, 0.2) is 0 Å². The second-order valence-corrected chi connectivity index (χ2v) is 8.98. The van der Waals surface area contributed by atoms with E-state index in [0.29, 0.717) is 35.0 Å². The molecule has 1 aliphatic carbocycles. The van der Waals surface area contributed by atoms with Crippen LogP contribution in [0.4, 0.5) is 5.69 Å². The molecule has 1 saturated carbocycles. The molecular formula is C25H29ClN2O2. The first-order chi connectivity index (χ1) is 14.6. The van der Waals surface area contributed by atoms with E-state index in [0.717, 1.165) is 31.0 Å². The summed E-state index contributed by atoms with van der Waals surface area (Å²) in [4.78, 5) is 27.3. The average molecular weight is 425 g/mol. The number of amides is 2. The molecule has 2 aromatic carbocycles. The van der Waals surface area contributed by atoms with E-state index in [2.05, 4.69) is 5.32 Å². The minimum absolute atomic E-state index is 0.00553. The van der Waals surface area contributed by atoms with Gasteiger partial charge in [-0.05, 0) is 54.9 Å². The number of carbonyl (C=O) groups excluding carboxylic acids is 2. The topological polar surface area (TPSA) is 49.4 Å². The second-order valence-electron chi connectivity index (χ2n) is 8.57. The Labute approximate surface area is 183 Å². The monoisotopic (exact) mass is 424 g/mol. The molecule has 2 aromatic rings. The van der Waals surface area contributed by atoms with Crippen molar-refractivity contribution in [1.29, 1.82) is 0 Å². The summed E-state index contributed by atoms with van der Waals surface area (Å²) in [6.07, 6.45) is 7.35. The van der Waals surface area contributed by atoms with Crippen molar-refractivity contribution in [3.8, 4) is 0 Å². The summed E-state index contributed by atoms with van der Waals surface area (Å²) in [6.45, 7) is 1.66. The lowest BCUT2D eigenvalue weighted by Crippen LogP contribution is -2.44. The zero-order valence-corrected chi connectivity index (χ0v) is 18.0. The molecule has 2 aliphatic rings. The Bertz CT molecular complexity index is 899. The van der Waals surface area contributed by atoms with Crippen LogP contribution in [0.2, 0.25) is 5.02 Å². The van der Waals surface area contributed by atoms with Gasteiger partial charge in [0.1, 0.15) is 0 Å². The molecule has 1 heterocycles. The molecular weight excluding hydrogens is 396 g/mol. The molecule has 0 spiro atoms. The van der Waals surface area contributed by atoms with Crippen LogP contribution in [-0.2, 0) is 11.2 Å². The summed E-state index contributed by atoms with van der Waals surface area (Å²) in [5.41, 5.74) is 2.28. The molecule has 158 valence electrons. The Kier molecular flexibility index (Phi) is 6.73. The van der Waals surface area contributed by atoms with E-state index in [1.807, 2.05) is 35.2 Å². The maximum atomic E-state index is 13.0.